The van der Waals surface area contributed by atoms with Crippen LogP contribution in [-0.4, -0.2) is 28.4 Å². The van der Waals surface area contributed by atoms with Crippen LogP contribution in [0.2, 0.25) is 0 Å². The second-order valence-electron chi connectivity index (χ2n) is 7.65. The summed E-state index contributed by atoms with van der Waals surface area (Å²) >= 11 is 5.85. The highest BCUT2D eigenvalue weighted by molar-refractivity contribution is 6.17. The van der Waals surface area contributed by atoms with E-state index in [2.05, 4.69) is 10.3 Å². The number of nitrogens with zero attached hydrogens (tertiary/aromatic N) is 2. The summed E-state index contributed by atoms with van der Waals surface area (Å²) in [4.78, 5) is 17.2. The van der Waals surface area contributed by atoms with Crippen LogP contribution >= 0.6 is 11.6 Å². The normalized spacial score (nSPS) is 12.5. The Morgan fingerprint density at radius 1 is 1.30 bits per heavy atom. The molecule has 33 heavy (non-hydrogen) atoms. The van der Waals surface area contributed by atoms with E-state index in [0.29, 0.717) is 30.0 Å². The van der Waals surface area contributed by atoms with Crippen LogP contribution in [-0.2, 0) is 4.79 Å². The first-order chi connectivity index (χ1) is 15.8. The minimum Gasteiger partial charge on any atom is -0.495 e. The van der Waals surface area contributed by atoms with Crippen molar-refractivity contribution in [3.8, 4) is 11.4 Å². The first kappa shape index (κ1) is 24.5. The largest absolute Gasteiger partial charge is 0.495 e. The molecule has 0 bridgehead atoms. The predicted octanol–water partition coefficient (Wildman–Crippen LogP) is 5.75. The number of aromatic nitrogens is 2. The summed E-state index contributed by atoms with van der Waals surface area (Å²) in [5.41, 5.74) is 3.02. The van der Waals surface area contributed by atoms with Gasteiger partial charge in [0.15, 0.2) is 11.6 Å². The van der Waals surface area contributed by atoms with Crippen molar-refractivity contribution >= 4 is 23.6 Å². The maximum Gasteiger partial charge on any atom is 0.247 e. The Labute approximate surface area is 197 Å². The molecule has 174 valence electrons. The SMILES string of the molecule is COc1cc(C=C(CCCCl)C(=O)NC(C)c2cccc(F)c2F)ccc1-n1cnc(C)c1. The molecule has 3 rings (SSSR count). The average Bonchev–Trinajstić information content (AvgIpc) is 3.24. The van der Waals surface area contributed by atoms with Gasteiger partial charge in [-0.05, 0) is 56.5 Å². The Hall–Kier alpha value is -3.19. The molecule has 0 aliphatic heterocycles. The van der Waals surface area contributed by atoms with Crippen LogP contribution in [0.4, 0.5) is 8.78 Å². The first-order valence-corrected chi connectivity index (χ1v) is 11.1. The number of alkyl halides is 1. The van der Waals surface area contributed by atoms with Crippen LogP contribution in [0.25, 0.3) is 11.8 Å². The van der Waals surface area contributed by atoms with Gasteiger partial charge in [0, 0.05) is 23.2 Å². The van der Waals surface area contributed by atoms with E-state index < -0.39 is 17.7 Å². The summed E-state index contributed by atoms with van der Waals surface area (Å²) in [7, 11) is 1.58. The molecule has 1 heterocycles. The standard InChI is InChI=1S/C25H26ClF2N3O2/c1-16-14-31(15-29-16)22-10-9-18(13-23(22)33-3)12-19(6-5-11-26)25(32)30-17(2)20-7-4-8-21(27)24(20)28/h4,7-10,12-15,17H,5-6,11H2,1-3H3,(H,30,32). The summed E-state index contributed by atoms with van der Waals surface area (Å²) in [6.45, 7) is 3.51. The molecular weight excluding hydrogens is 448 g/mol. The molecule has 0 saturated heterocycles. The summed E-state index contributed by atoms with van der Waals surface area (Å²) in [5.74, 6) is -1.28. The second-order valence-corrected chi connectivity index (χ2v) is 8.03. The van der Waals surface area contributed by atoms with Crippen LogP contribution in [0.15, 0.2) is 54.5 Å². The number of carbonyl (C=O) groups is 1. The van der Waals surface area contributed by atoms with Crippen molar-refractivity contribution in [1.29, 1.82) is 0 Å². The molecule has 1 unspecified atom stereocenters. The molecule has 1 N–H and O–H groups in total. The van der Waals surface area contributed by atoms with Crippen molar-refractivity contribution in [3.63, 3.8) is 0 Å². The molecule has 2 aromatic carbocycles. The molecular formula is C25H26ClF2N3O2. The number of aryl methyl sites for hydroxylation is 1. The zero-order valence-corrected chi connectivity index (χ0v) is 19.5. The number of amides is 1. The number of ether oxygens (including phenoxy) is 1. The minimum atomic E-state index is -0.966. The Morgan fingerprint density at radius 2 is 2.09 bits per heavy atom. The second kappa shape index (κ2) is 11.1. The average molecular weight is 474 g/mol. The zero-order valence-electron chi connectivity index (χ0n) is 18.7. The van der Waals surface area contributed by atoms with E-state index in [1.807, 2.05) is 35.9 Å². The van der Waals surface area contributed by atoms with Crippen LogP contribution in [0, 0.1) is 18.6 Å². The highest BCUT2D eigenvalue weighted by atomic mass is 35.5. The fourth-order valence-electron chi connectivity index (χ4n) is 3.48. The van der Waals surface area contributed by atoms with Crippen LogP contribution in [0.1, 0.15) is 42.6 Å². The molecule has 5 nitrogen and oxygen atoms in total. The lowest BCUT2D eigenvalue weighted by atomic mass is 10.0. The van der Waals surface area contributed by atoms with Gasteiger partial charge in [0.2, 0.25) is 5.91 Å². The quantitative estimate of drug-likeness (QED) is 0.318. The van der Waals surface area contributed by atoms with E-state index in [4.69, 9.17) is 16.3 Å². The van der Waals surface area contributed by atoms with Crippen molar-refractivity contribution in [2.75, 3.05) is 13.0 Å². The molecule has 0 fully saturated rings. The van der Waals surface area contributed by atoms with Crippen LogP contribution in [0.5, 0.6) is 5.75 Å². The first-order valence-electron chi connectivity index (χ1n) is 10.5. The predicted molar refractivity (Wildman–Crippen MR) is 126 cm³/mol. The summed E-state index contributed by atoms with van der Waals surface area (Å²) < 4.78 is 35.1. The van der Waals surface area contributed by atoms with E-state index in [1.54, 1.807) is 26.4 Å². The molecule has 0 saturated carbocycles. The molecule has 0 aliphatic rings. The number of hydrogen-bond acceptors (Lipinski definition) is 3. The van der Waals surface area contributed by atoms with Crippen LogP contribution < -0.4 is 10.1 Å². The van der Waals surface area contributed by atoms with Crippen molar-refractivity contribution in [1.82, 2.24) is 14.9 Å². The minimum absolute atomic E-state index is 0.0849. The fraction of sp³-hybridized carbons (Fsp3) is 0.280. The lowest BCUT2D eigenvalue weighted by Crippen LogP contribution is -2.28. The van der Waals surface area contributed by atoms with Gasteiger partial charge in [-0.2, -0.15) is 0 Å². The number of halogens is 3. The molecule has 0 aliphatic carbocycles. The van der Waals surface area contributed by atoms with Crippen LogP contribution in [0.3, 0.4) is 0 Å². The van der Waals surface area contributed by atoms with Gasteiger partial charge in [-0.3, -0.25) is 4.79 Å². The van der Waals surface area contributed by atoms with Crippen molar-refractivity contribution in [3.05, 3.63) is 83.0 Å². The monoisotopic (exact) mass is 473 g/mol. The Kier molecular flexibility index (Phi) is 8.22. The summed E-state index contributed by atoms with van der Waals surface area (Å²) in [6, 6.07) is 8.78. The van der Waals surface area contributed by atoms with Gasteiger partial charge in [-0.15, -0.1) is 11.6 Å². The van der Waals surface area contributed by atoms with Gasteiger partial charge in [0.05, 0.1) is 30.9 Å². The van der Waals surface area contributed by atoms with Gasteiger partial charge in [-0.25, -0.2) is 13.8 Å². The number of rotatable bonds is 9. The molecule has 1 atom stereocenters. The number of hydrogen-bond donors (Lipinski definition) is 1. The molecule has 3 aromatic rings. The lowest BCUT2D eigenvalue weighted by molar-refractivity contribution is -0.118. The van der Waals surface area contributed by atoms with Gasteiger partial charge in [0.1, 0.15) is 5.75 Å². The Morgan fingerprint density at radius 3 is 2.76 bits per heavy atom. The third kappa shape index (κ3) is 5.99. The highest BCUT2D eigenvalue weighted by Gasteiger charge is 2.18. The molecule has 0 radical (unpaired) electrons. The summed E-state index contributed by atoms with van der Waals surface area (Å²) in [5, 5.41) is 2.76. The molecule has 1 aromatic heterocycles. The maximum absolute atomic E-state index is 14.1. The van der Waals surface area contributed by atoms with E-state index in [1.165, 1.54) is 12.1 Å². The van der Waals surface area contributed by atoms with Crippen molar-refractivity contribution in [2.24, 2.45) is 0 Å². The number of nitrogens with one attached hydrogen (secondary N) is 1. The number of imidazole rings is 1. The highest BCUT2D eigenvalue weighted by Crippen LogP contribution is 2.27. The third-order valence-electron chi connectivity index (χ3n) is 5.20. The topological polar surface area (TPSA) is 56.1 Å². The van der Waals surface area contributed by atoms with Gasteiger partial charge in [-0.1, -0.05) is 18.2 Å². The number of benzene rings is 2. The van der Waals surface area contributed by atoms with E-state index in [0.717, 1.165) is 23.0 Å². The number of methoxy groups -OCH3 is 1. The third-order valence-corrected chi connectivity index (χ3v) is 5.47. The molecule has 1 amide bonds. The maximum atomic E-state index is 14.1. The lowest BCUT2D eigenvalue weighted by Gasteiger charge is -2.17. The van der Waals surface area contributed by atoms with Gasteiger partial charge in [0.25, 0.3) is 0 Å². The molecule has 0 spiro atoms. The fourth-order valence-corrected chi connectivity index (χ4v) is 3.62. The van der Waals surface area contributed by atoms with E-state index >= 15 is 0 Å². The van der Waals surface area contributed by atoms with Crippen molar-refractivity contribution in [2.45, 2.75) is 32.7 Å². The Balaban J connectivity index is 1.87. The van der Waals surface area contributed by atoms with E-state index in [9.17, 15) is 13.6 Å². The van der Waals surface area contributed by atoms with Gasteiger partial charge >= 0.3 is 0 Å². The van der Waals surface area contributed by atoms with Gasteiger partial charge < -0.3 is 14.6 Å². The van der Waals surface area contributed by atoms with E-state index in [-0.39, 0.29) is 11.5 Å². The smallest absolute Gasteiger partial charge is 0.247 e. The Bertz CT molecular complexity index is 1160. The zero-order chi connectivity index (χ0) is 24.0. The number of carbonyl (C=O) groups excluding carboxylic acids is 1. The van der Waals surface area contributed by atoms with Crippen molar-refractivity contribution < 1.29 is 18.3 Å². The molecule has 8 heteroatoms. The summed E-state index contributed by atoms with van der Waals surface area (Å²) in [6.07, 6.45) is 6.36.